The molecule has 5 heteroatoms. The summed E-state index contributed by atoms with van der Waals surface area (Å²) in [6.45, 7) is 1.32. The van der Waals surface area contributed by atoms with Crippen LogP contribution in [0.1, 0.15) is 23.7 Å². The van der Waals surface area contributed by atoms with E-state index in [0.29, 0.717) is 19.5 Å². The smallest absolute Gasteiger partial charge is 0.311 e. The molecule has 3 rings (SSSR count). The van der Waals surface area contributed by atoms with Crippen molar-refractivity contribution in [3.05, 3.63) is 47.9 Å². The number of carboxylic acids is 1. The first-order valence-corrected chi connectivity index (χ1v) is 6.22. The molecule has 2 heterocycles. The lowest BCUT2D eigenvalue weighted by atomic mass is 9.90. The van der Waals surface area contributed by atoms with Crippen LogP contribution < -0.4 is 4.90 Å². The minimum absolute atomic E-state index is 0.415. The first-order chi connectivity index (χ1) is 9.25. The minimum atomic E-state index is -0.758. The summed E-state index contributed by atoms with van der Waals surface area (Å²) in [6.07, 6.45) is 2.23. The molecule has 0 saturated heterocycles. The molecule has 0 radical (unpaired) electrons. The van der Waals surface area contributed by atoms with Crippen LogP contribution in [0.3, 0.4) is 0 Å². The molecule has 0 spiro atoms. The summed E-state index contributed by atoms with van der Waals surface area (Å²) < 4.78 is 5.12. The van der Waals surface area contributed by atoms with Crippen LogP contribution in [0.4, 0.5) is 5.69 Å². The number of benzene rings is 1. The zero-order chi connectivity index (χ0) is 13.2. The lowest BCUT2D eigenvalue weighted by Crippen LogP contribution is -2.32. The molecule has 1 aliphatic heterocycles. The van der Waals surface area contributed by atoms with Gasteiger partial charge >= 0.3 is 5.97 Å². The predicted molar refractivity (Wildman–Crippen MR) is 69.0 cm³/mol. The normalized spacial score (nSPS) is 18.1. The molecule has 0 bridgehead atoms. The Hall–Kier alpha value is -2.30. The molecule has 1 aromatic heterocycles. The number of carbonyl (C=O) groups is 1. The number of aliphatic carboxylic acids is 1. The second-order valence-corrected chi connectivity index (χ2v) is 4.64. The number of rotatable bonds is 3. The number of para-hydroxylation sites is 1. The van der Waals surface area contributed by atoms with Crippen LogP contribution >= 0.6 is 0 Å². The standard InChI is InChI=1S/C14H14N2O3/c17-14(18)12-6-8-16(9-10-5-7-15-19-10)13-4-2-1-3-11(12)13/h1-5,7,12H,6,8-9H2,(H,17,18). The largest absolute Gasteiger partial charge is 0.481 e. The van der Waals surface area contributed by atoms with E-state index in [2.05, 4.69) is 10.1 Å². The van der Waals surface area contributed by atoms with Gasteiger partial charge in [-0.05, 0) is 18.1 Å². The van der Waals surface area contributed by atoms with Crippen molar-refractivity contribution >= 4 is 11.7 Å². The highest BCUT2D eigenvalue weighted by atomic mass is 16.5. The van der Waals surface area contributed by atoms with E-state index in [1.165, 1.54) is 0 Å². The van der Waals surface area contributed by atoms with Gasteiger partial charge in [-0.3, -0.25) is 4.79 Å². The number of hydrogen-bond donors (Lipinski definition) is 1. The van der Waals surface area contributed by atoms with E-state index < -0.39 is 11.9 Å². The molecular formula is C14H14N2O3. The Kier molecular flexibility index (Phi) is 2.95. The van der Waals surface area contributed by atoms with Gasteiger partial charge in [0.15, 0.2) is 5.76 Å². The van der Waals surface area contributed by atoms with Crippen LogP contribution in [0.15, 0.2) is 41.1 Å². The van der Waals surface area contributed by atoms with Crippen molar-refractivity contribution in [2.24, 2.45) is 0 Å². The zero-order valence-corrected chi connectivity index (χ0v) is 10.3. The molecule has 1 aromatic carbocycles. The summed E-state index contributed by atoms with van der Waals surface area (Å²) in [5.74, 6) is -0.391. The van der Waals surface area contributed by atoms with Crippen LogP contribution in [-0.2, 0) is 11.3 Å². The Morgan fingerprint density at radius 1 is 1.42 bits per heavy atom. The van der Waals surface area contributed by atoms with Gasteiger partial charge in [-0.25, -0.2) is 0 Å². The van der Waals surface area contributed by atoms with Gasteiger partial charge in [-0.2, -0.15) is 0 Å². The number of aromatic nitrogens is 1. The monoisotopic (exact) mass is 258 g/mol. The van der Waals surface area contributed by atoms with E-state index in [-0.39, 0.29) is 0 Å². The topological polar surface area (TPSA) is 66.6 Å². The molecule has 5 nitrogen and oxygen atoms in total. The van der Waals surface area contributed by atoms with Gasteiger partial charge in [0.2, 0.25) is 0 Å². The summed E-state index contributed by atoms with van der Waals surface area (Å²) in [5, 5.41) is 13.0. The third kappa shape index (κ3) is 2.19. The maximum atomic E-state index is 11.3. The highest BCUT2D eigenvalue weighted by Gasteiger charge is 2.29. The van der Waals surface area contributed by atoms with E-state index in [9.17, 15) is 9.90 Å². The Bertz CT molecular complexity index is 580. The minimum Gasteiger partial charge on any atom is -0.481 e. The van der Waals surface area contributed by atoms with Gasteiger partial charge in [0, 0.05) is 18.3 Å². The van der Waals surface area contributed by atoms with Gasteiger partial charge in [-0.15, -0.1) is 0 Å². The molecule has 1 aliphatic rings. The predicted octanol–water partition coefficient (Wildman–Crippen LogP) is 2.25. The van der Waals surface area contributed by atoms with Gasteiger partial charge < -0.3 is 14.5 Å². The molecule has 0 fully saturated rings. The molecule has 1 atom stereocenters. The first kappa shape index (κ1) is 11.8. The van der Waals surface area contributed by atoms with Crippen LogP contribution in [0, 0.1) is 0 Å². The summed E-state index contributed by atoms with van der Waals surface area (Å²) in [5.41, 5.74) is 1.85. The lowest BCUT2D eigenvalue weighted by molar-refractivity contribution is -0.139. The fraction of sp³-hybridized carbons (Fsp3) is 0.286. The van der Waals surface area contributed by atoms with E-state index >= 15 is 0 Å². The van der Waals surface area contributed by atoms with Crippen molar-refractivity contribution < 1.29 is 14.4 Å². The fourth-order valence-corrected chi connectivity index (χ4v) is 2.56. The van der Waals surface area contributed by atoms with Crippen LogP contribution in [-0.4, -0.2) is 22.8 Å². The van der Waals surface area contributed by atoms with E-state index in [0.717, 1.165) is 17.0 Å². The maximum Gasteiger partial charge on any atom is 0.311 e. The highest BCUT2D eigenvalue weighted by Crippen LogP contribution is 2.35. The Morgan fingerprint density at radius 3 is 3.00 bits per heavy atom. The second-order valence-electron chi connectivity index (χ2n) is 4.64. The van der Waals surface area contributed by atoms with Crippen molar-refractivity contribution in [3.63, 3.8) is 0 Å². The van der Waals surface area contributed by atoms with Gasteiger partial charge in [0.25, 0.3) is 0 Å². The highest BCUT2D eigenvalue weighted by molar-refractivity contribution is 5.80. The van der Waals surface area contributed by atoms with Crippen LogP contribution in [0.2, 0.25) is 0 Å². The number of anilines is 1. The average molecular weight is 258 g/mol. The third-order valence-electron chi connectivity index (χ3n) is 3.48. The Morgan fingerprint density at radius 2 is 2.26 bits per heavy atom. The van der Waals surface area contributed by atoms with Gasteiger partial charge in [-0.1, -0.05) is 23.4 Å². The molecule has 19 heavy (non-hydrogen) atoms. The molecule has 0 aliphatic carbocycles. The Labute approximate surface area is 110 Å². The number of hydrogen-bond acceptors (Lipinski definition) is 4. The number of carboxylic acid groups (broad SMARTS) is 1. The maximum absolute atomic E-state index is 11.3. The first-order valence-electron chi connectivity index (χ1n) is 6.22. The van der Waals surface area contributed by atoms with Gasteiger partial charge in [0.1, 0.15) is 0 Å². The third-order valence-corrected chi connectivity index (χ3v) is 3.48. The van der Waals surface area contributed by atoms with Crippen molar-refractivity contribution in [2.75, 3.05) is 11.4 Å². The SMILES string of the molecule is O=C(O)C1CCN(Cc2ccno2)c2ccccc21. The van der Waals surface area contributed by atoms with Crippen molar-refractivity contribution in [2.45, 2.75) is 18.9 Å². The lowest BCUT2D eigenvalue weighted by Gasteiger charge is -2.33. The molecule has 1 unspecified atom stereocenters. The van der Waals surface area contributed by atoms with Crippen molar-refractivity contribution in [1.82, 2.24) is 5.16 Å². The summed E-state index contributed by atoms with van der Waals surface area (Å²) >= 11 is 0. The van der Waals surface area contributed by atoms with Crippen LogP contribution in [0.25, 0.3) is 0 Å². The van der Waals surface area contributed by atoms with Crippen molar-refractivity contribution in [1.29, 1.82) is 0 Å². The van der Waals surface area contributed by atoms with Gasteiger partial charge in [0.05, 0.1) is 18.7 Å². The quantitative estimate of drug-likeness (QED) is 0.914. The second kappa shape index (κ2) is 4.76. The summed E-state index contributed by atoms with van der Waals surface area (Å²) in [6, 6.07) is 9.48. The number of nitrogens with zero attached hydrogens (tertiary/aromatic N) is 2. The average Bonchev–Trinajstić information content (AvgIpc) is 2.91. The molecule has 98 valence electrons. The van der Waals surface area contributed by atoms with E-state index in [1.54, 1.807) is 6.20 Å². The zero-order valence-electron chi connectivity index (χ0n) is 10.3. The summed E-state index contributed by atoms with van der Waals surface area (Å²) in [4.78, 5) is 13.4. The molecule has 2 aromatic rings. The molecule has 0 amide bonds. The molecule has 1 N–H and O–H groups in total. The Balaban J connectivity index is 1.92. The fourth-order valence-electron chi connectivity index (χ4n) is 2.56. The number of fused-ring (bicyclic) bond motifs is 1. The summed E-state index contributed by atoms with van der Waals surface area (Å²) in [7, 11) is 0. The van der Waals surface area contributed by atoms with E-state index in [1.807, 2.05) is 30.3 Å². The molecule has 0 saturated carbocycles. The van der Waals surface area contributed by atoms with Crippen molar-refractivity contribution in [3.8, 4) is 0 Å². The van der Waals surface area contributed by atoms with E-state index in [4.69, 9.17) is 4.52 Å². The van der Waals surface area contributed by atoms with Crippen LogP contribution in [0.5, 0.6) is 0 Å². The molecular weight excluding hydrogens is 244 g/mol.